The van der Waals surface area contributed by atoms with Crippen LogP contribution in [0.2, 0.25) is 0 Å². The van der Waals surface area contributed by atoms with Crippen LogP contribution in [0, 0.1) is 17.7 Å². The number of hydrogen-bond donors (Lipinski definition) is 2. The zero-order valence-corrected chi connectivity index (χ0v) is 11.8. The summed E-state index contributed by atoms with van der Waals surface area (Å²) in [4.78, 5) is 10.2. The van der Waals surface area contributed by atoms with Crippen LogP contribution >= 0.6 is 0 Å². The molecule has 0 amide bonds. The van der Waals surface area contributed by atoms with Gasteiger partial charge in [-0.1, -0.05) is 6.92 Å². The molecule has 0 aliphatic heterocycles. The highest BCUT2D eigenvalue weighted by atomic mass is 32.2. The lowest BCUT2D eigenvalue weighted by molar-refractivity contribution is 0.0696. The number of benzene rings is 1. The van der Waals surface area contributed by atoms with Crippen LogP contribution in [0.15, 0.2) is 23.1 Å². The van der Waals surface area contributed by atoms with E-state index in [0.717, 1.165) is 31.0 Å². The largest absolute Gasteiger partial charge is 0.478 e. The summed E-state index contributed by atoms with van der Waals surface area (Å²) in [7, 11) is -4.04. The van der Waals surface area contributed by atoms with E-state index in [0.29, 0.717) is 5.92 Å². The quantitative estimate of drug-likeness (QED) is 0.840. The van der Waals surface area contributed by atoms with Crippen LogP contribution in [0.25, 0.3) is 0 Å². The highest BCUT2D eigenvalue weighted by molar-refractivity contribution is 7.89. The van der Waals surface area contributed by atoms with E-state index < -0.39 is 26.7 Å². The molecule has 0 bridgehead atoms. The number of nitrogens with one attached hydrogen (secondary N) is 1. The molecular weight excluding hydrogens is 285 g/mol. The topological polar surface area (TPSA) is 83.5 Å². The fourth-order valence-electron chi connectivity index (χ4n) is 1.99. The van der Waals surface area contributed by atoms with Crippen molar-refractivity contribution < 1.29 is 22.7 Å². The zero-order chi connectivity index (χ0) is 14.9. The molecule has 0 heterocycles. The number of hydrogen-bond acceptors (Lipinski definition) is 3. The summed E-state index contributed by atoms with van der Waals surface area (Å²) in [5, 5.41) is 8.83. The fourth-order valence-corrected chi connectivity index (χ4v) is 3.24. The van der Waals surface area contributed by atoms with E-state index in [1.54, 1.807) is 0 Å². The predicted octanol–water partition coefficient (Wildman–Crippen LogP) is 1.85. The Kier molecular flexibility index (Phi) is 4.10. The first-order valence-corrected chi connectivity index (χ1v) is 7.82. The highest BCUT2D eigenvalue weighted by Crippen LogP contribution is 2.36. The fraction of sp³-hybridized carbons (Fsp3) is 0.462. The number of sulfonamides is 1. The van der Waals surface area contributed by atoms with E-state index in [1.165, 1.54) is 0 Å². The van der Waals surface area contributed by atoms with E-state index in [4.69, 9.17) is 5.11 Å². The van der Waals surface area contributed by atoms with Gasteiger partial charge < -0.3 is 5.11 Å². The summed E-state index contributed by atoms with van der Waals surface area (Å²) in [5.74, 6) is -1.54. The number of rotatable bonds is 6. The minimum atomic E-state index is -4.04. The van der Waals surface area contributed by atoms with E-state index in [-0.39, 0.29) is 18.0 Å². The zero-order valence-electron chi connectivity index (χ0n) is 11.0. The first kappa shape index (κ1) is 14.9. The summed E-state index contributed by atoms with van der Waals surface area (Å²) in [6.07, 6.45) is 2.18. The Labute approximate surface area is 116 Å². The third-order valence-electron chi connectivity index (χ3n) is 3.49. The van der Waals surface area contributed by atoms with Crippen molar-refractivity contribution in [2.75, 3.05) is 6.54 Å². The summed E-state index contributed by atoms with van der Waals surface area (Å²) in [6, 6.07) is 2.72. The number of carboxylic acid groups (broad SMARTS) is 1. The maximum absolute atomic E-state index is 13.6. The summed E-state index contributed by atoms with van der Waals surface area (Å²) in [6.45, 7) is 2.16. The molecule has 1 saturated carbocycles. The Morgan fingerprint density at radius 2 is 2.15 bits per heavy atom. The van der Waals surface area contributed by atoms with Crippen molar-refractivity contribution in [1.29, 1.82) is 0 Å². The van der Waals surface area contributed by atoms with Gasteiger partial charge in [-0.15, -0.1) is 0 Å². The second kappa shape index (κ2) is 5.49. The van der Waals surface area contributed by atoms with Crippen LogP contribution in [0.5, 0.6) is 0 Å². The first-order chi connectivity index (χ1) is 9.31. The second-order valence-corrected chi connectivity index (χ2v) is 6.85. The van der Waals surface area contributed by atoms with Gasteiger partial charge in [0.05, 0.1) is 5.56 Å². The molecule has 1 aromatic rings. The van der Waals surface area contributed by atoms with Gasteiger partial charge in [0.1, 0.15) is 10.7 Å². The monoisotopic (exact) mass is 301 g/mol. The predicted molar refractivity (Wildman–Crippen MR) is 70.4 cm³/mol. The van der Waals surface area contributed by atoms with Crippen molar-refractivity contribution in [3.8, 4) is 0 Å². The lowest BCUT2D eigenvalue weighted by Crippen LogP contribution is -2.30. The van der Waals surface area contributed by atoms with E-state index >= 15 is 0 Å². The van der Waals surface area contributed by atoms with Crippen molar-refractivity contribution in [3.05, 3.63) is 29.6 Å². The molecule has 1 unspecified atom stereocenters. The molecule has 1 aliphatic rings. The molecule has 20 heavy (non-hydrogen) atoms. The van der Waals surface area contributed by atoms with E-state index in [9.17, 15) is 17.6 Å². The van der Waals surface area contributed by atoms with Crippen LogP contribution in [0.3, 0.4) is 0 Å². The molecule has 2 rings (SSSR count). The molecule has 0 spiro atoms. The third kappa shape index (κ3) is 3.34. The molecule has 1 aliphatic carbocycles. The minimum absolute atomic E-state index is 0.190. The lowest BCUT2D eigenvalue weighted by Gasteiger charge is -2.12. The molecule has 1 aromatic carbocycles. The first-order valence-electron chi connectivity index (χ1n) is 6.34. The molecule has 1 fully saturated rings. The van der Waals surface area contributed by atoms with Gasteiger partial charge in [-0.3, -0.25) is 0 Å². The molecule has 2 N–H and O–H groups in total. The average molecular weight is 301 g/mol. The van der Waals surface area contributed by atoms with Crippen LogP contribution in [0.4, 0.5) is 4.39 Å². The maximum Gasteiger partial charge on any atom is 0.335 e. The third-order valence-corrected chi connectivity index (χ3v) is 4.93. The summed E-state index contributed by atoms with van der Waals surface area (Å²) >= 11 is 0. The smallest absolute Gasteiger partial charge is 0.335 e. The van der Waals surface area contributed by atoms with Crippen molar-refractivity contribution in [2.24, 2.45) is 11.8 Å². The van der Waals surface area contributed by atoms with Crippen molar-refractivity contribution in [2.45, 2.75) is 24.7 Å². The summed E-state index contributed by atoms with van der Waals surface area (Å²) < 4.78 is 40.0. The van der Waals surface area contributed by atoms with Gasteiger partial charge in [-0.25, -0.2) is 22.3 Å². The van der Waals surface area contributed by atoms with Gasteiger partial charge in [-0.2, -0.15) is 0 Å². The van der Waals surface area contributed by atoms with Gasteiger partial charge in [0, 0.05) is 6.54 Å². The SMILES string of the molecule is CC(CNS(=O)(=O)c1cc(C(=O)O)ccc1F)C1CC1. The molecule has 110 valence electrons. The Hall–Kier alpha value is -1.47. The standard InChI is InChI=1S/C13H16FNO4S/c1-8(9-2-3-9)7-15-20(18,19)12-6-10(13(16)17)4-5-11(12)14/h4-6,8-9,15H,2-3,7H2,1H3,(H,16,17). The van der Waals surface area contributed by atoms with Crippen molar-refractivity contribution in [1.82, 2.24) is 4.72 Å². The van der Waals surface area contributed by atoms with Gasteiger partial charge in [0.2, 0.25) is 10.0 Å². The van der Waals surface area contributed by atoms with Crippen LogP contribution in [0.1, 0.15) is 30.1 Å². The molecule has 0 saturated heterocycles. The van der Waals surface area contributed by atoms with Gasteiger partial charge >= 0.3 is 5.97 Å². The number of halogens is 1. The average Bonchev–Trinajstić information content (AvgIpc) is 3.20. The molecule has 0 radical (unpaired) electrons. The van der Waals surface area contributed by atoms with Crippen LogP contribution < -0.4 is 4.72 Å². The maximum atomic E-state index is 13.6. The Morgan fingerprint density at radius 3 is 2.70 bits per heavy atom. The van der Waals surface area contributed by atoms with Crippen LogP contribution in [-0.2, 0) is 10.0 Å². The second-order valence-electron chi connectivity index (χ2n) is 5.12. The van der Waals surface area contributed by atoms with Crippen molar-refractivity contribution in [3.63, 3.8) is 0 Å². The number of carboxylic acids is 1. The van der Waals surface area contributed by atoms with E-state index in [2.05, 4.69) is 4.72 Å². The van der Waals surface area contributed by atoms with Crippen molar-refractivity contribution >= 4 is 16.0 Å². The number of carbonyl (C=O) groups is 1. The Bertz CT molecular complexity index is 625. The molecule has 1 atom stereocenters. The Balaban J connectivity index is 2.19. The summed E-state index contributed by atoms with van der Waals surface area (Å²) in [5.41, 5.74) is -0.262. The molecule has 7 heteroatoms. The lowest BCUT2D eigenvalue weighted by atomic mass is 10.1. The van der Waals surface area contributed by atoms with Crippen LogP contribution in [-0.4, -0.2) is 26.0 Å². The van der Waals surface area contributed by atoms with E-state index in [1.807, 2.05) is 6.92 Å². The van der Waals surface area contributed by atoms with Gasteiger partial charge in [-0.05, 0) is 42.9 Å². The highest BCUT2D eigenvalue weighted by Gasteiger charge is 2.29. The number of aromatic carboxylic acids is 1. The minimum Gasteiger partial charge on any atom is -0.478 e. The molecular formula is C13H16FNO4S. The Morgan fingerprint density at radius 1 is 1.50 bits per heavy atom. The van der Waals surface area contributed by atoms with Gasteiger partial charge in [0.25, 0.3) is 0 Å². The molecule has 0 aromatic heterocycles. The molecule has 5 nitrogen and oxygen atoms in total. The normalized spacial score (nSPS) is 16.9. The van der Waals surface area contributed by atoms with Gasteiger partial charge in [0.15, 0.2) is 0 Å².